The van der Waals surface area contributed by atoms with Gasteiger partial charge in [-0.15, -0.1) is 0 Å². The van der Waals surface area contributed by atoms with Gasteiger partial charge in [0.05, 0.1) is 6.61 Å². The third kappa shape index (κ3) is 3.22. The van der Waals surface area contributed by atoms with E-state index < -0.39 is 0 Å². The summed E-state index contributed by atoms with van der Waals surface area (Å²) in [5.74, 6) is 1.35. The van der Waals surface area contributed by atoms with Crippen LogP contribution >= 0.6 is 15.9 Å². The molecular formula is C13H20BrNO. The minimum absolute atomic E-state index is 0.0315. The van der Waals surface area contributed by atoms with E-state index in [1.807, 2.05) is 19.1 Å². The highest BCUT2D eigenvalue weighted by Gasteiger charge is 2.17. The lowest BCUT2D eigenvalue weighted by Gasteiger charge is -2.21. The van der Waals surface area contributed by atoms with Crippen molar-refractivity contribution in [2.75, 3.05) is 6.61 Å². The second-order valence-corrected chi connectivity index (χ2v) is 4.94. The Morgan fingerprint density at radius 1 is 1.38 bits per heavy atom. The van der Waals surface area contributed by atoms with Crippen LogP contribution in [0.3, 0.4) is 0 Å². The van der Waals surface area contributed by atoms with Crippen molar-refractivity contribution >= 4 is 15.9 Å². The first-order valence-corrected chi connectivity index (χ1v) is 6.57. The number of hydrogen-bond acceptors (Lipinski definition) is 2. The van der Waals surface area contributed by atoms with Crippen molar-refractivity contribution in [1.29, 1.82) is 0 Å². The average molecular weight is 286 g/mol. The zero-order chi connectivity index (χ0) is 12.1. The summed E-state index contributed by atoms with van der Waals surface area (Å²) >= 11 is 3.48. The minimum atomic E-state index is 0.0315. The molecule has 0 aliphatic carbocycles. The molecule has 0 saturated heterocycles. The van der Waals surface area contributed by atoms with Gasteiger partial charge in [0.1, 0.15) is 5.75 Å². The van der Waals surface area contributed by atoms with Gasteiger partial charge in [0, 0.05) is 16.1 Å². The smallest absolute Gasteiger partial charge is 0.124 e. The van der Waals surface area contributed by atoms with Gasteiger partial charge in [0.25, 0.3) is 0 Å². The molecule has 0 saturated carbocycles. The van der Waals surface area contributed by atoms with Gasteiger partial charge in [0.15, 0.2) is 0 Å². The first kappa shape index (κ1) is 13.5. The van der Waals surface area contributed by atoms with E-state index in [1.165, 1.54) is 0 Å². The van der Waals surface area contributed by atoms with Crippen molar-refractivity contribution in [2.45, 2.75) is 33.2 Å². The first-order valence-electron chi connectivity index (χ1n) is 5.77. The van der Waals surface area contributed by atoms with Crippen LogP contribution in [0, 0.1) is 5.92 Å². The topological polar surface area (TPSA) is 35.2 Å². The summed E-state index contributed by atoms with van der Waals surface area (Å²) in [5, 5.41) is 0. The number of benzene rings is 1. The Morgan fingerprint density at radius 3 is 2.62 bits per heavy atom. The van der Waals surface area contributed by atoms with Crippen molar-refractivity contribution in [3.05, 3.63) is 28.2 Å². The molecule has 2 N–H and O–H groups in total. The summed E-state index contributed by atoms with van der Waals surface area (Å²) in [6.07, 6.45) is 1.07. The van der Waals surface area contributed by atoms with Crippen molar-refractivity contribution in [3.8, 4) is 5.75 Å². The van der Waals surface area contributed by atoms with Crippen molar-refractivity contribution < 1.29 is 4.74 Å². The van der Waals surface area contributed by atoms with E-state index >= 15 is 0 Å². The largest absolute Gasteiger partial charge is 0.494 e. The maximum atomic E-state index is 6.25. The molecule has 1 unspecified atom stereocenters. The standard InChI is InChI=1S/C13H20BrNO/c1-4-9(3)13(15)11-8-10(14)6-7-12(11)16-5-2/h6-9,13H,4-5,15H2,1-3H3/t9?,13-/m1/s1. The van der Waals surface area contributed by atoms with Crippen LogP contribution < -0.4 is 10.5 Å². The Morgan fingerprint density at radius 2 is 2.06 bits per heavy atom. The van der Waals surface area contributed by atoms with Crippen LogP contribution in [0.4, 0.5) is 0 Å². The van der Waals surface area contributed by atoms with Crippen LogP contribution in [0.2, 0.25) is 0 Å². The highest BCUT2D eigenvalue weighted by Crippen LogP contribution is 2.32. The minimum Gasteiger partial charge on any atom is -0.494 e. The molecule has 16 heavy (non-hydrogen) atoms. The Bertz CT molecular complexity index is 341. The molecule has 1 aromatic rings. The van der Waals surface area contributed by atoms with E-state index in [9.17, 15) is 0 Å². The highest BCUT2D eigenvalue weighted by molar-refractivity contribution is 9.10. The first-order chi connectivity index (χ1) is 7.60. The Kier molecular flexibility index (Phi) is 5.29. The Labute approximate surface area is 106 Å². The van der Waals surface area contributed by atoms with Crippen LogP contribution in [-0.4, -0.2) is 6.61 Å². The third-order valence-electron chi connectivity index (χ3n) is 2.89. The molecule has 0 amide bonds. The number of hydrogen-bond donors (Lipinski definition) is 1. The van der Waals surface area contributed by atoms with Gasteiger partial charge in [-0.25, -0.2) is 0 Å². The molecule has 90 valence electrons. The van der Waals surface area contributed by atoms with Gasteiger partial charge >= 0.3 is 0 Å². The van der Waals surface area contributed by atoms with E-state index in [1.54, 1.807) is 0 Å². The van der Waals surface area contributed by atoms with Crippen LogP contribution in [0.25, 0.3) is 0 Å². The monoisotopic (exact) mass is 285 g/mol. The summed E-state index contributed by atoms with van der Waals surface area (Å²) in [4.78, 5) is 0. The van der Waals surface area contributed by atoms with Crippen molar-refractivity contribution in [1.82, 2.24) is 0 Å². The molecule has 3 heteroatoms. The number of halogens is 1. The van der Waals surface area contributed by atoms with Crippen LogP contribution in [0.1, 0.15) is 38.8 Å². The lowest BCUT2D eigenvalue weighted by atomic mass is 9.93. The predicted molar refractivity (Wildman–Crippen MR) is 71.7 cm³/mol. The van der Waals surface area contributed by atoms with Gasteiger partial charge in [-0.3, -0.25) is 0 Å². The van der Waals surface area contributed by atoms with Crippen LogP contribution in [0.5, 0.6) is 5.75 Å². The van der Waals surface area contributed by atoms with Gasteiger partial charge in [-0.05, 0) is 31.0 Å². The molecule has 0 aliphatic heterocycles. The van der Waals surface area contributed by atoms with Crippen LogP contribution in [0.15, 0.2) is 22.7 Å². The van der Waals surface area contributed by atoms with Crippen LogP contribution in [-0.2, 0) is 0 Å². The fraction of sp³-hybridized carbons (Fsp3) is 0.538. The summed E-state index contributed by atoms with van der Waals surface area (Å²) in [6, 6.07) is 6.05. The molecule has 0 heterocycles. The maximum Gasteiger partial charge on any atom is 0.124 e. The van der Waals surface area contributed by atoms with Crippen molar-refractivity contribution in [2.24, 2.45) is 11.7 Å². The van der Waals surface area contributed by atoms with Gasteiger partial charge in [-0.2, -0.15) is 0 Å². The molecule has 0 fully saturated rings. The third-order valence-corrected chi connectivity index (χ3v) is 3.38. The average Bonchev–Trinajstić information content (AvgIpc) is 2.29. The van der Waals surface area contributed by atoms with E-state index in [4.69, 9.17) is 10.5 Å². The van der Waals surface area contributed by atoms with E-state index in [0.717, 1.165) is 22.2 Å². The van der Waals surface area contributed by atoms with E-state index in [0.29, 0.717) is 12.5 Å². The lowest BCUT2D eigenvalue weighted by molar-refractivity contribution is 0.328. The lowest BCUT2D eigenvalue weighted by Crippen LogP contribution is -2.19. The van der Waals surface area contributed by atoms with E-state index in [2.05, 4.69) is 35.8 Å². The van der Waals surface area contributed by atoms with Gasteiger partial charge < -0.3 is 10.5 Å². The second-order valence-electron chi connectivity index (χ2n) is 4.03. The van der Waals surface area contributed by atoms with E-state index in [-0.39, 0.29) is 6.04 Å². The Balaban J connectivity index is 3.03. The molecular weight excluding hydrogens is 266 g/mol. The van der Waals surface area contributed by atoms with Gasteiger partial charge in [-0.1, -0.05) is 36.2 Å². The summed E-state index contributed by atoms with van der Waals surface area (Å²) in [5.41, 5.74) is 7.34. The Hall–Kier alpha value is -0.540. The molecule has 1 rings (SSSR count). The summed E-state index contributed by atoms with van der Waals surface area (Å²) in [6.45, 7) is 6.98. The second kappa shape index (κ2) is 6.26. The zero-order valence-corrected chi connectivity index (χ0v) is 11.8. The fourth-order valence-electron chi connectivity index (χ4n) is 1.63. The zero-order valence-electron chi connectivity index (χ0n) is 10.2. The molecule has 1 aromatic carbocycles. The number of rotatable bonds is 5. The quantitative estimate of drug-likeness (QED) is 0.891. The molecule has 2 nitrogen and oxygen atoms in total. The number of nitrogens with two attached hydrogens (primary N) is 1. The van der Waals surface area contributed by atoms with Gasteiger partial charge in [0.2, 0.25) is 0 Å². The molecule has 2 atom stereocenters. The summed E-state index contributed by atoms with van der Waals surface area (Å²) < 4.78 is 6.65. The maximum absolute atomic E-state index is 6.25. The fourth-order valence-corrected chi connectivity index (χ4v) is 2.01. The SMILES string of the molecule is CCOc1ccc(Br)cc1[C@H](N)C(C)CC. The highest BCUT2D eigenvalue weighted by atomic mass is 79.9. The molecule has 0 radical (unpaired) electrons. The normalized spacial score (nSPS) is 14.6. The number of ether oxygens (including phenoxy) is 1. The summed E-state index contributed by atoms with van der Waals surface area (Å²) in [7, 11) is 0. The predicted octanol–water partition coefficient (Wildman–Crippen LogP) is 3.89. The molecule has 0 aliphatic rings. The van der Waals surface area contributed by atoms with Crippen molar-refractivity contribution in [3.63, 3.8) is 0 Å². The molecule has 0 aromatic heterocycles. The molecule has 0 bridgehead atoms. The molecule has 0 spiro atoms.